The van der Waals surface area contributed by atoms with E-state index in [2.05, 4.69) is 5.32 Å². The Bertz CT molecular complexity index is 404. The minimum Gasteiger partial charge on any atom is -0.392 e. The first-order valence-corrected chi connectivity index (χ1v) is 6.42. The summed E-state index contributed by atoms with van der Waals surface area (Å²) in [6, 6.07) is 7.14. The predicted molar refractivity (Wildman–Crippen MR) is 76.7 cm³/mol. The highest BCUT2D eigenvalue weighted by Crippen LogP contribution is 2.10. The first kappa shape index (κ1) is 15.6. The summed E-state index contributed by atoms with van der Waals surface area (Å²) in [5.74, 6) is -0.0938. The van der Waals surface area contributed by atoms with E-state index in [1.54, 1.807) is 6.92 Å². The minimum absolute atomic E-state index is 0.0938. The van der Waals surface area contributed by atoms with Gasteiger partial charge in [0.2, 0.25) is 5.91 Å². The lowest BCUT2D eigenvalue weighted by molar-refractivity contribution is -0.120. The number of carbonyl (C=O) groups is 1. The number of rotatable bonds is 6. The lowest BCUT2D eigenvalue weighted by atomic mass is 10.2. The maximum atomic E-state index is 12.0. The zero-order chi connectivity index (χ0) is 14.4. The molecule has 0 radical (unpaired) electrons. The lowest BCUT2D eigenvalue weighted by Crippen LogP contribution is -2.42. The zero-order valence-corrected chi connectivity index (χ0v) is 11.8. The van der Waals surface area contributed by atoms with Crippen LogP contribution < -0.4 is 11.1 Å². The average molecular weight is 265 g/mol. The molecule has 106 valence electrons. The van der Waals surface area contributed by atoms with E-state index in [0.29, 0.717) is 13.1 Å². The number of nitrogens with zero attached hydrogens (tertiary/aromatic N) is 1. The molecule has 0 spiro atoms. The molecule has 1 amide bonds. The molecular weight excluding hydrogens is 242 g/mol. The van der Waals surface area contributed by atoms with Crippen molar-refractivity contribution in [2.45, 2.75) is 32.5 Å². The van der Waals surface area contributed by atoms with Crippen LogP contribution in [0.1, 0.15) is 19.4 Å². The molecule has 0 aliphatic rings. The van der Waals surface area contributed by atoms with Crippen molar-refractivity contribution in [2.24, 2.45) is 5.73 Å². The summed E-state index contributed by atoms with van der Waals surface area (Å²) in [4.78, 5) is 13.8. The van der Waals surface area contributed by atoms with Crippen molar-refractivity contribution in [1.82, 2.24) is 4.90 Å². The summed E-state index contributed by atoms with van der Waals surface area (Å²) in [5.41, 5.74) is 7.29. The second-order valence-corrected chi connectivity index (χ2v) is 4.85. The van der Waals surface area contributed by atoms with Crippen LogP contribution >= 0.6 is 0 Å². The molecule has 19 heavy (non-hydrogen) atoms. The first-order valence-electron chi connectivity index (χ1n) is 6.42. The molecule has 1 aromatic rings. The summed E-state index contributed by atoms with van der Waals surface area (Å²) in [5, 5.41) is 12.2. The highest BCUT2D eigenvalue weighted by atomic mass is 16.3. The third-order valence-corrected chi connectivity index (χ3v) is 3.05. The van der Waals surface area contributed by atoms with Gasteiger partial charge in [-0.15, -0.1) is 0 Å². The van der Waals surface area contributed by atoms with Gasteiger partial charge in [0, 0.05) is 18.8 Å². The molecule has 1 rings (SSSR count). The van der Waals surface area contributed by atoms with Crippen molar-refractivity contribution in [1.29, 1.82) is 0 Å². The van der Waals surface area contributed by atoms with Crippen molar-refractivity contribution >= 4 is 11.6 Å². The third kappa shape index (κ3) is 4.98. The second kappa shape index (κ2) is 7.23. The van der Waals surface area contributed by atoms with E-state index in [-0.39, 0.29) is 11.9 Å². The molecule has 5 heteroatoms. The van der Waals surface area contributed by atoms with E-state index in [9.17, 15) is 9.90 Å². The molecule has 4 N–H and O–H groups in total. The van der Waals surface area contributed by atoms with E-state index < -0.39 is 6.10 Å². The number of anilines is 1. The average Bonchev–Trinajstić information content (AvgIpc) is 2.37. The Morgan fingerprint density at radius 3 is 2.42 bits per heavy atom. The summed E-state index contributed by atoms with van der Waals surface area (Å²) in [6.07, 6.45) is -0.455. The van der Waals surface area contributed by atoms with Gasteiger partial charge < -0.3 is 16.2 Å². The number of benzene rings is 1. The Morgan fingerprint density at radius 2 is 1.95 bits per heavy atom. The van der Waals surface area contributed by atoms with Crippen LogP contribution in [0.25, 0.3) is 0 Å². The van der Waals surface area contributed by atoms with E-state index >= 15 is 0 Å². The van der Waals surface area contributed by atoms with Crippen LogP contribution in [0, 0.1) is 0 Å². The minimum atomic E-state index is -0.455. The van der Waals surface area contributed by atoms with Crippen molar-refractivity contribution in [3.63, 3.8) is 0 Å². The third-order valence-electron chi connectivity index (χ3n) is 3.05. The predicted octanol–water partition coefficient (Wildman–Crippen LogP) is 0.785. The SMILES string of the molecule is CC(O)CN(C)C(C)C(=O)Nc1ccc(CN)cc1. The van der Waals surface area contributed by atoms with E-state index in [1.807, 2.05) is 43.1 Å². The Hall–Kier alpha value is -1.43. The molecule has 2 unspecified atom stereocenters. The van der Waals surface area contributed by atoms with Gasteiger partial charge in [-0.2, -0.15) is 0 Å². The van der Waals surface area contributed by atoms with Crippen molar-refractivity contribution in [3.05, 3.63) is 29.8 Å². The van der Waals surface area contributed by atoms with Crippen LogP contribution in [-0.2, 0) is 11.3 Å². The zero-order valence-electron chi connectivity index (χ0n) is 11.8. The van der Waals surface area contributed by atoms with Crippen LogP contribution in [-0.4, -0.2) is 41.7 Å². The van der Waals surface area contributed by atoms with Crippen molar-refractivity contribution < 1.29 is 9.90 Å². The number of likely N-dealkylation sites (N-methyl/N-ethyl adjacent to an activating group) is 1. The molecule has 5 nitrogen and oxygen atoms in total. The molecule has 1 aromatic carbocycles. The number of amides is 1. The van der Waals surface area contributed by atoms with Gasteiger partial charge >= 0.3 is 0 Å². The van der Waals surface area contributed by atoms with Gasteiger partial charge in [-0.05, 0) is 38.6 Å². The molecule has 0 saturated heterocycles. The van der Waals surface area contributed by atoms with E-state index in [0.717, 1.165) is 11.3 Å². The van der Waals surface area contributed by atoms with Crippen LogP contribution in [0.4, 0.5) is 5.69 Å². The van der Waals surface area contributed by atoms with Gasteiger partial charge in [-0.25, -0.2) is 0 Å². The number of aliphatic hydroxyl groups excluding tert-OH is 1. The van der Waals surface area contributed by atoms with Crippen molar-refractivity contribution in [2.75, 3.05) is 18.9 Å². The smallest absolute Gasteiger partial charge is 0.241 e. The van der Waals surface area contributed by atoms with Crippen LogP contribution in [0.2, 0.25) is 0 Å². The first-order chi connectivity index (χ1) is 8.93. The molecule has 0 aliphatic heterocycles. The van der Waals surface area contributed by atoms with Crippen LogP contribution in [0.3, 0.4) is 0 Å². The summed E-state index contributed by atoms with van der Waals surface area (Å²) >= 11 is 0. The fraction of sp³-hybridized carbons (Fsp3) is 0.500. The van der Waals surface area contributed by atoms with Gasteiger partial charge in [0.05, 0.1) is 12.1 Å². The molecule has 0 fully saturated rings. The molecule has 0 heterocycles. The number of nitrogens with one attached hydrogen (secondary N) is 1. The standard InChI is InChI=1S/C14H23N3O2/c1-10(18)9-17(3)11(2)14(19)16-13-6-4-12(8-15)5-7-13/h4-7,10-11,18H,8-9,15H2,1-3H3,(H,16,19). The fourth-order valence-corrected chi connectivity index (χ4v) is 1.75. The number of aliphatic hydroxyl groups is 1. The normalized spacial score (nSPS) is 14.2. The number of hydrogen-bond acceptors (Lipinski definition) is 4. The van der Waals surface area contributed by atoms with Crippen molar-refractivity contribution in [3.8, 4) is 0 Å². The molecule has 2 atom stereocenters. The summed E-state index contributed by atoms with van der Waals surface area (Å²) < 4.78 is 0. The molecular formula is C14H23N3O2. The number of hydrogen-bond donors (Lipinski definition) is 3. The maximum absolute atomic E-state index is 12.0. The number of nitrogens with two attached hydrogens (primary N) is 1. The van der Waals surface area contributed by atoms with E-state index in [1.165, 1.54) is 0 Å². The van der Waals surface area contributed by atoms with Crippen LogP contribution in [0.15, 0.2) is 24.3 Å². The quantitative estimate of drug-likeness (QED) is 0.710. The Labute approximate surface area is 114 Å². The molecule has 0 bridgehead atoms. The number of carbonyl (C=O) groups excluding carboxylic acids is 1. The van der Waals surface area contributed by atoms with Gasteiger partial charge in [0.1, 0.15) is 0 Å². The van der Waals surface area contributed by atoms with Gasteiger partial charge in [0.25, 0.3) is 0 Å². The van der Waals surface area contributed by atoms with Gasteiger partial charge in [-0.3, -0.25) is 9.69 Å². The van der Waals surface area contributed by atoms with Crippen LogP contribution in [0.5, 0.6) is 0 Å². The topological polar surface area (TPSA) is 78.6 Å². The van der Waals surface area contributed by atoms with E-state index in [4.69, 9.17) is 5.73 Å². The fourth-order valence-electron chi connectivity index (χ4n) is 1.75. The maximum Gasteiger partial charge on any atom is 0.241 e. The highest BCUT2D eigenvalue weighted by molar-refractivity contribution is 5.94. The monoisotopic (exact) mass is 265 g/mol. The van der Waals surface area contributed by atoms with Gasteiger partial charge in [-0.1, -0.05) is 12.1 Å². The largest absolute Gasteiger partial charge is 0.392 e. The lowest BCUT2D eigenvalue weighted by Gasteiger charge is -2.24. The molecule has 0 saturated carbocycles. The Kier molecular flexibility index (Phi) is 5.95. The Balaban J connectivity index is 2.57. The highest BCUT2D eigenvalue weighted by Gasteiger charge is 2.18. The summed E-state index contributed by atoms with van der Waals surface area (Å²) in [6.45, 7) is 4.46. The second-order valence-electron chi connectivity index (χ2n) is 4.85. The van der Waals surface area contributed by atoms with Gasteiger partial charge in [0.15, 0.2) is 0 Å². The molecule has 0 aromatic heterocycles. The Morgan fingerprint density at radius 1 is 1.37 bits per heavy atom. The molecule has 0 aliphatic carbocycles. The summed E-state index contributed by atoms with van der Waals surface area (Å²) in [7, 11) is 1.81.